The van der Waals surface area contributed by atoms with Crippen LogP contribution in [-0.2, 0) is 0 Å². The first kappa shape index (κ1) is 8.68. The average molecular weight is 209 g/mol. The van der Waals surface area contributed by atoms with Crippen LogP contribution in [0.3, 0.4) is 0 Å². The summed E-state index contributed by atoms with van der Waals surface area (Å²) in [4.78, 5) is 7.11. The number of rotatable bonds is 2. The molecule has 1 aromatic rings. The van der Waals surface area contributed by atoms with Crippen LogP contribution in [0, 0.1) is 0 Å². The van der Waals surface area contributed by atoms with Crippen molar-refractivity contribution >= 4 is 16.5 Å². The lowest BCUT2D eigenvalue weighted by Gasteiger charge is -2.26. The van der Waals surface area contributed by atoms with Crippen molar-refractivity contribution in [3.8, 4) is 0 Å². The molecule has 0 atom stereocenters. The second-order valence-corrected chi connectivity index (χ2v) is 4.90. The van der Waals surface area contributed by atoms with Crippen LogP contribution < -0.4 is 10.2 Å². The van der Waals surface area contributed by atoms with Crippen LogP contribution in [0.1, 0.15) is 24.5 Å². The maximum atomic E-state index is 4.71. The van der Waals surface area contributed by atoms with Gasteiger partial charge in [0.1, 0.15) is 0 Å². The lowest BCUT2D eigenvalue weighted by atomic mass is 10.3. The number of piperazine rings is 1. The molecule has 0 aromatic carbocycles. The number of hydrogen-bond acceptors (Lipinski definition) is 4. The molecule has 76 valence electrons. The van der Waals surface area contributed by atoms with Crippen LogP contribution in [0.2, 0.25) is 0 Å². The molecule has 2 heterocycles. The van der Waals surface area contributed by atoms with Gasteiger partial charge in [-0.1, -0.05) is 0 Å². The highest BCUT2D eigenvalue weighted by Crippen LogP contribution is 2.41. The van der Waals surface area contributed by atoms with Gasteiger partial charge >= 0.3 is 0 Å². The van der Waals surface area contributed by atoms with Crippen molar-refractivity contribution in [1.29, 1.82) is 0 Å². The van der Waals surface area contributed by atoms with Crippen LogP contribution in [-0.4, -0.2) is 31.2 Å². The molecule has 1 N–H and O–H groups in total. The van der Waals surface area contributed by atoms with E-state index in [4.69, 9.17) is 4.98 Å². The van der Waals surface area contributed by atoms with Gasteiger partial charge in [0, 0.05) is 37.5 Å². The predicted octanol–water partition coefficient (Wildman–Crippen LogP) is 1.43. The van der Waals surface area contributed by atoms with E-state index in [1.807, 2.05) is 11.3 Å². The van der Waals surface area contributed by atoms with E-state index in [1.165, 1.54) is 23.7 Å². The first-order chi connectivity index (χ1) is 6.93. The highest BCUT2D eigenvalue weighted by atomic mass is 32.1. The number of aromatic nitrogens is 1. The lowest BCUT2D eigenvalue weighted by molar-refractivity contribution is 0.588. The van der Waals surface area contributed by atoms with Gasteiger partial charge in [0.15, 0.2) is 5.13 Å². The van der Waals surface area contributed by atoms with Crippen LogP contribution in [0.25, 0.3) is 0 Å². The topological polar surface area (TPSA) is 28.2 Å². The van der Waals surface area contributed by atoms with Crippen molar-refractivity contribution in [2.24, 2.45) is 0 Å². The molecule has 3 nitrogen and oxygen atoms in total. The van der Waals surface area contributed by atoms with E-state index in [9.17, 15) is 0 Å². The molecule has 1 aliphatic heterocycles. The Morgan fingerprint density at radius 1 is 1.36 bits per heavy atom. The van der Waals surface area contributed by atoms with E-state index in [2.05, 4.69) is 15.6 Å². The largest absolute Gasteiger partial charge is 0.346 e. The number of thiazole rings is 1. The number of anilines is 1. The Labute approximate surface area is 88.1 Å². The zero-order valence-electron chi connectivity index (χ0n) is 8.20. The third-order valence-corrected chi connectivity index (χ3v) is 3.81. The van der Waals surface area contributed by atoms with E-state index in [1.54, 1.807) is 0 Å². The zero-order valence-corrected chi connectivity index (χ0v) is 9.02. The highest BCUT2D eigenvalue weighted by Gasteiger charge is 2.26. The zero-order chi connectivity index (χ0) is 9.38. The van der Waals surface area contributed by atoms with Gasteiger partial charge in [-0.2, -0.15) is 0 Å². The van der Waals surface area contributed by atoms with Crippen molar-refractivity contribution in [1.82, 2.24) is 10.3 Å². The summed E-state index contributed by atoms with van der Waals surface area (Å²) in [6, 6.07) is 0. The molecular formula is C10H15N3S. The Hall–Kier alpha value is -0.610. The average Bonchev–Trinajstić information content (AvgIpc) is 2.98. The summed E-state index contributed by atoms with van der Waals surface area (Å²) < 4.78 is 0. The van der Waals surface area contributed by atoms with Crippen molar-refractivity contribution < 1.29 is 0 Å². The van der Waals surface area contributed by atoms with Crippen molar-refractivity contribution in [3.05, 3.63) is 11.1 Å². The molecule has 0 bridgehead atoms. The second kappa shape index (κ2) is 3.51. The van der Waals surface area contributed by atoms with E-state index < -0.39 is 0 Å². The second-order valence-electron chi connectivity index (χ2n) is 4.07. The highest BCUT2D eigenvalue weighted by molar-refractivity contribution is 7.13. The summed E-state index contributed by atoms with van der Waals surface area (Å²) in [5.74, 6) is 0.794. The Balaban J connectivity index is 1.74. The van der Waals surface area contributed by atoms with Gasteiger partial charge in [-0.3, -0.25) is 0 Å². The fourth-order valence-electron chi connectivity index (χ4n) is 1.84. The van der Waals surface area contributed by atoms with Gasteiger partial charge in [-0.25, -0.2) is 4.98 Å². The molecule has 2 fully saturated rings. The number of nitrogens with one attached hydrogen (secondary N) is 1. The Bertz CT molecular complexity index is 313. The molecule has 0 radical (unpaired) electrons. The Morgan fingerprint density at radius 2 is 2.14 bits per heavy atom. The van der Waals surface area contributed by atoms with Crippen molar-refractivity contribution in [3.63, 3.8) is 0 Å². The summed E-state index contributed by atoms with van der Waals surface area (Å²) in [6.45, 7) is 4.41. The minimum absolute atomic E-state index is 0.794. The molecule has 4 heteroatoms. The smallest absolute Gasteiger partial charge is 0.185 e. The maximum absolute atomic E-state index is 4.71. The van der Waals surface area contributed by atoms with Gasteiger partial charge in [-0.15, -0.1) is 11.3 Å². The van der Waals surface area contributed by atoms with Crippen LogP contribution in [0.5, 0.6) is 0 Å². The molecule has 1 saturated heterocycles. The molecule has 3 rings (SSSR count). The summed E-state index contributed by atoms with van der Waals surface area (Å²) in [7, 11) is 0. The van der Waals surface area contributed by atoms with Gasteiger partial charge in [0.25, 0.3) is 0 Å². The lowest BCUT2D eigenvalue weighted by Crippen LogP contribution is -2.43. The molecule has 1 aliphatic carbocycles. The fraction of sp³-hybridized carbons (Fsp3) is 0.700. The molecule has 0 unspecified atom stereocenters. The van der Waals surface area contributed by atoms with Crippen LogP contribution in [0.15, 0.2) is 5.38 Å². The third-order valence-electron chi connectivity index (χ3n) is 2.89. The third kappa shape index (κ3) is 1.64. The normalized spacial score (nSPS) is 22.7. The van der Waals surface area contributed by atoms with Gasteiger partial charge in [-0.05, 0) is 12.8 Å². The molecule has 1 saturated carbocycles. The quantitative estimate of drug-likeness (QED) is 0.798. The van der Waals surface area contributed by atoms with Gasteiger partial charge in [0.2, 0.25) is 0 Å². The number of hydrogen-bond donors (Lipinski definition) is 1. The van der Waals surface area contributed by atoms with Crippen LogP contribution >= 0.6 is 11.3 Å². The molecule has 14 heavy (non-hydrogen) atoms. The Morgan fingerprint density at radius 3 is 2.86 bits per heavy atom. The minimum atomic E-state index is 0.794. The van der Waals surface area contributed by atoms with E-state index >= 15 is 0 Å². The fourth-order valence-corrected chi connectivity index (χ4v) is 2.81. The minimum Gasteiger partial charge on any atom is -0.346 e. The molecule has 0 amide bonds. The predicted molar refractivity (Wildman–Crippen MR) is 59.2 cm³/mol. The van der Waals surface area contributed by atoms with Crippen molar-refractivity contribution in [2.75, 3.05) is 31.1 Å². The summed E-state index contributed by atoms with van der Waals surface area (Å²) in [6.07, 6.45) is 2.70. The first-order valence-electron chi connectivity index (χ1n) is 5.34. The molecular weight excluding hydrogens is 194 g/mol. The van der Waals surface area contributed by atoms with Crippen LogP contribution in [0.4, 0.5) is 5.13 Å². The monoisotopic (exact) mass is 209 g/mol. The number of nitrogens with zero attached hydrogens (tertiary/aromatic N) is 2. The van der Waals surface area contributed by atoms with E-state index in [-0.39, 0.29) is 0 Å². The maximum Gasteiger partial charge on any atom is 0.185 e. The van der Waals surface area contributed by atoms with E-state index in [0.717, 1.165) is 32.1 Å². The van der Waals surface area contributed by atoms with E-state index in [0.29, 0.717) is 0 Å². The SMILES string of the molecule is c1sc(N2CCNCC2)nc1C1CC1. The Kier molecular flexibility index (Phi) is 2.18. The molecule has 1 aromatic heterocycles. The standard InChI is InChI=1S/C10H15N3S/c1-2-8(1)9-7-14-10(12-9)13-5-3-11-4-6-13/h7-8,11H,1-6H2. The molecule has 0 spiro atoms. The summed E-state index contributed by atoms with van der Waals surface area (Å²) in [5.41, 5.74) is 1.34. The van der Waals surface area contributed by atoms with Crippen molar-refractivity contribution in [2.45, 2.75) is 18.8 Å². The molecule has 2 aliphatic rings. The first-order valence-corrected chi connectivity index (χ1v) is 6.22. The van der Waals surface area contributed by atoms with Gasteiger partial charge < -0.3 is 10.2 Å². The summed E-state index contributed by atoms with van der Waals surface area (Å²) in [5, 5.41) is 6.84. The summed E-state index contributed by atoms with van der Waals surface area (Å²) >= 11 is 1.81. The van der Waals surface area contributed by atoms with Gasteiger partial charge in [0.05, 0.1) is 5.69 Å².